The molecule has 0 bridgehead atoms. The Morgan fingerprint density at radius 1 is 1.19 bits per heavy atom. The summed E-state index contributed by atoms with van der Waals surface area (Å²) in [6.45, 7) is 1.04. The zero-order valence-corrected chi connectivity index (χ0v) is 14.5. The van der Waals surface area contributed by atoms with Gasteiger partial charge in [0.15, 0.2) is 5.58 Å². The number of oxazole rings is 1. The Hall–Kier alpha value is -2.47. The van der Waals surface area contributed by atoms with Crippen LogP contribution in [0.15, 0.2) is 45.6 Å². The van der Waals surface area contributed by atoms with Crippen molar-refractivity contribution in [2.75, 3.05) is 6.54 Å². The van der Waals surface area contributed by atoms with Gasteiger partial charge >= 0.3 is 5.76 Å². The topological polar surface area (TPSA) is 47.2 Å². The summed E-state index contributed by atoms with van der Waals surface area (Å²) in [6.07, 6.45) is 2.51. The smallest absolute Gasteiger partial charge is 0.408 e. The van der Waals surface area contributed by atoms with E-state index in [0.29, 0.717) is 18.7 Å². The number of fused-ring (bicyclic) bond motifs is 1. The average molecular weight is 358 g/mol. The molecule has 1 aliphatic rings. The summed E-state index contributed by atoms with van der Waals surface area (Å²) < 4.78 is 35.1. The zero-order valence-electron chi connectivity index (χ0n) is 14.5. The van der Waals surface area contributed by atoms with Gasteiger partial charge in [0.05, 0.1) is 5.52 Å². The van der Waals surface area contributed by atoms with E-state index in [1.54, 1.807) is 7.05 Å². The first kappa shape index (κ1) is 17.0. The fourth-order valence-electron chi connectivity index (χ4n) is 3.86. The molecular formula is C20H20F2N2O2. The number of halogens is 2. The lowest BCUT2D eigenvalue weighted by molar-refractivity contribution is 0.218. The van der Waals surface area contributed by atoms with E-state index >= 15 is 0 Å². The van der Waals surface area contributed by atoms with Gasteiger partial charge < -0.3 is 9.73 Å². The second-order valence-corrected chi connectivity index (χ2v) is 7.06. The van der Waals surface area contributed by atoms with Crippen molar-refractivity contribution >= 4 is 11.1 Å². The van der Waals surface area contributed by atoms with E-state index in [4.69, 9.17) is 4.42 Å². The molecule has 1 aliphatic carbocycles. The highest BCUT2D eigenvalue weighted by Gasteiger charge is 2.42. The van der Waals surface area contributed by atoms with Crippen LogP contribution in [0.4, 0.5) is 8.78 Å². The molecule has 1 heterocycles. The zero-order chi connectivity index (χ0) is 18.3. The van der Waals surface area contributed by atoms with Crippen molar-refractivity contribution < 1.29 is 13.2 Å². The molecule has 0 aliphatic heterocycles. The van der Waals surface area contributed by atoms with Crippen LogP contribution >= 0.6 is 0 Å². The van der Waals surface area contributed by atoms with E-state index in [0.717, 1.165) is 30.3 Å². The van der Waals surface area contributed by atoms with Crippen molar-refractivity contribution in [2.24, 2.45) is 7.05 Å². The molecule has 0 amide bonds. The van der Waals surface area contributed by atoms with Gasteiger partial charge in [-0.15, -0.1) is 0 Å². The summed E-state index contributed by atoms with van der Waals surface area (Å²) in [5, 5.41) is 3.32. The second kappa shape index (κ2) is 6.36. The average Bonchev–Trinajstić information content (AvgIpc) is 2.85. The van der Waals surface area contributed by atoms with Crippen LogP contribution in [0.1, 0.15) is 30.4 Å². The first-order chi connectivity index (χ1) is 12.5. The van der Waals surface area contributed by atoms with Gasteiger partial charge in [-0.3, -0.25) is 4.57 Å². The van der Waals surface area contributed by atoms with Gasteiger partial charge in [-0.05, 0) is 42.7 Å². The van der Waals surface area contributed by atoms with Gasteiger partial charge in [-0.25, -0.2) is 13.6 Å². The molecule has 136 valence electrons. The Kier molecular flexibility index (Phi) is 4.15. The lowest BCUT2D eigenvalue weighted by atomic mass is 9.64. The fourth-order valence-corrected chi connectivity index (χ4v) is 3.86. The Morgan fingerprint density at radius 3 is 2.58 bits per heavy atom. The van der Waals surface area contributed by atoms with E-state index < -0.39 is 22.8 Å². The number of rotatable bonds is 5. The van der Waals surface area contributed by atoms with Gasteiger partial charge in [-0.2, -0.15) is 0 Å². The minimum Gasteiger partial charge on any atom is -0.408 e. The van der Waals surface area contributed by atoms with Crippen LogP contribution in [-0.2, 0) is 19.0 Å². The van der Waals surface area contributed by atoms with Crippen LogP contribution in [0.5, 0.6) is 0 Å². The van der Waals surface area contributed by atoms with E-state index in [-0.39, 0.29) is 5.56 Å². The standard InChI is InChI=1S/C20H20F2N2O2/c1-24-16-7-6-13(10-17(16)26-19(24)25)11-23-12-20(8-3-9-20)18-14(21)4-2-5-15(18)22/h2,4-7,10,23H,3,8-9,11-12H2,1H3. The number of hydrogen-bond acceptors (Lipinski definition) is 3. The predicted octanol–water partition coefficient (Wildman–Crippen LogP) is 3.62. The Morgan fingerprint density at radius 2 is 1.92 bits per heavy atom. The molecule has 1 aromatic heterocycles. The minimum absolute atomic E-state index is 0.197. The van der Waals surface area contributed by atoms with E-state index in [1.165, 1.54) is 22.8 Å². The SMILES string of the molecule is Cn1c(=O)oc2cc(CNCC3(c4c(F)cccc4F)CCC3)ccc21. The number of hydrogen-bond donors (Lipinski definition) is 1. The highest BCUT2D eigenvalue weighted by molar-refractivity contribution is 5.73. The van der Waals surface area contributed by atoms with Crippen LogP contribution < -0.4 is 11.1 Å². The third-order valence-corrected chi connectivity index (χ3v) is 5.45. The first-order valence-corrected chi connectivity index (χ1v) is 8.74. The largest absolute Gasteiger partial charge is 0.419 e. The quantitative estimate of drug-likeness (QED) is 0.758. The summed E-state index contributed by atoms with van der Waals surface area (Å²) in [7, 11) is 1.66. The van der Waals surface area contributed by atoms with Crippen LogP contribution in [0.3, 0.4) is 0 Å². The van der Waals surface area contributed by atoms with E-state index in [1.807, 2.05) is 18.2 Å². The highest BCUT2D eigenvalue weighted by atomic mass is 19.1. The maximum Gasteiger partial charge on any atom is 0.419 e. The molecule has 0 unspecified atom stereocenters. The molecule has 0 saturated heterocycles. The van der Waals surface area contributed by atoms with E-state index in [2.05, 4.69) is 5.32 Å². The molecule has 1 N–H and O–H groups in total. The van der Waals surface area contributed by atoms with Crippen LogP contribution in [0.2, 0.25) is 0 Å². The molecule has 1 saturated carbocycles. The number of nitrogens with one attached hydrogen (secondary N) is 1. The number of benzene rings is 2. The lowest BCUT2D eigenvalue weighted by Crippen LogP contribution is -2.45. The third-order valence-electron chi connectivity index (χ3n) is 5.45. The fraction of sp³-hybridized carbons (Fsp3) is 0.350. The van der Waals surface area contributed by atoms with Crippen LogP contribution in [-0.4, -0.2) is 11.1 Å². The van der Waals surface area contributed by atoms with Crippen LogP contribution in [0, 0.1) is 11.6 Å². The first-order valence-electron chi connectivity index (χ1n) is 8.74. The van der Waals surface area contributed by atoms with Gasteiger partial charge in [0, 0.05) is 31.1 Å². The van der Waals surface area contributed by atoms with Gasteiger partial charge in [0.25, 0.3) is 0 Å². The summed E-state index contributed by atoms with van der Waals surface area (Å²) in [5.41, 5.74) is 1.94. The number of aromatic nitrogens is 1. The van der Waals surface area contributed by atoms with Crippen molar-refractivity contribution in [1.82, 2.24) is 9.88 Å². The molecule has 4 nitrogen and oxygen atoms in total. The molecular weight excluding hydrogens is 338 g/mol. The van der Waals surface area contributed by atoms with Gasteiger partial charge in [0.2, 0.25) is 0 Å². The van der Waals surface area contributed by atoms with Crippen LogP contribution in [0.25, 0.3) is 11.1 Å². The van der Waals surface area contributed by atoms with Gasteiger partial charge in [-0.1, -0.05) is 18.6 Å². The van der Waals surface area contributed by atoms with Gasteiger partial charge in [0.1, 0.15) is 11.6 Å². The molecule has 3 aromatic rings. The Balaban J connectivity index is 1.51. The lowest BCUT2D eigenvalue weighted by Gasteiger charge is -2.43. The maximum atomic E-state index is 14.2. The Labute approximate surface area is 149 Å². The summed E-state index contributed by atoms with van der Waals surface area (Å²) in [5.74, 6) is -1.34. The predicted molar refractivity (Wildman–Crippen MR) is 95.0 cm³/mol. The number of aryl methyl sites for hydroxylation is 1. The molecule has 1 fully saturated rings. The molecule has 26 heavy (non-hydrogen) atoms. The van der Waals surface area contributed by atoms with Crippen molar-refractivity contribution in [3.8, 4) is 0 Å². The summed E-state index contributed by atoms with van der Waals surface area (Å²) in [4.78, 5) is 11.6. The normalized spacial score (nSPS) is 16.0. The van der Waals surface area contributed by atoms with E-state index in [9.17, 15) is 13.6 Å². The molecule has 2 aromatic carbocycles. The highest BCUT2D eigenvalue weighted by Crippen LogP contribution is 2.45. The molecule has 0 spiro atoms. The molecule has 0 radical (unpaired) electrons. The second-order valence-electron chi connectivity index (χ2n) is 7.06. The monoisotopic (exact) mass is 358 g/mol. The van der Waals surface area contributed by atoms with Crippen molar-refractivity contribution in [3.63, 3.8) is 0 Å². The maximum absolute atomic E-state index is 14.2. The number of nitrogens with zero attached hydrogens (tertiary/aromatic N) is 1. The summed E-state index contributed by atoms with van der Waals surface area (Å²) in [6, 6.07) is 9.62. The molecule has 6 heteroatoms. The minimum atomic E-state index is -0.487. The summed E-state index contributed by atoms with van der Waals surface area (Å²) >= 11 is 0. The Bertz CT molecular complexity index is 998. The molecule has 0 atom stereocenters. The molecule has 4 rings (SSSR count). The van der Waals surface area contributed by atoms with Crippen molar-refractivity contribution in [1.29, 1.82) is 0 Å². The van der Waals surface area contributed by atoms with Crippen molar-refractivity contribution in [2.45, 2.75) is 31.2 Å². The van der Waals surface area contributed by atoms with Crippen molar-refractivity contribution in [3.05, 3.63) is 69.7 Å². The third kappa shape index (κ3) is 2.74.